The Morgan fingerprint density at radius 3 is 2.66 bits per heavy atom. The molecule has 0 spiro atoms. The van der Waals surface area contributed by atoms with Crippen LogP contribution < -0.4 is 4.90 Å². The highest BCUT2D eigenvalue weighted by Gasteiger charge is 2.27. The predicted molar refractivity (Wildman–Crippen MR) is 111 cm³/mol. The SMILES string of the molecule is CCc1nccn1C1CCCN(c2ccc(C(=O)N3CCS(=O)(=O)CC3)cn2)C1. The van der Waals surface area contributed by atoms with Crippen LogP contribution >= 0.6 is 0 Å². The van der Waals surface area contributed by atoms with E-state index in [0.29, 0.717) is 11.6 Å². The van der Waals surface area contributed by atoms with E-state index in [1.807, 2.05) is 12.3 Å². The Hall–Kier alpha value is -2.42. The summed E-state index contributed by atoms with van der Waals surface area (Å²) in [6, 6.07) is 4.07. The summed E-state index contributed by atoms with van der Waals surface area (Å²) in [6.45, 7) is 4.43. The van der Waals surface area contributed by atoms with E-state index >= 15 is 0 Å². The first kappa shape index (κ1) is 19.9. The number of imidazole rings is 1. The van der Waals surface area contributed by atoms with Crippen molar-refractivity contribution in [2.45, 2.75) is 32.2 Å². The minimum absolute atomic E-state index is 0.0351. The zero-order valence-electron chi connectivity index (χ0n) is 16.7. The van der Waals surface area contributed by atoms with Crippen LogP contribution in [0.5, 0.6) is 0 Å². The van der Waals surface area contributed by atoms with E-state index in [2.05, 4.69) is 32.6 Å². The van der Waals surface area contributed by atoms with Gasteiger partial charge in [-0.25, -0.2) is 18.4 Å². The third-order valence-corrected chi connectivity index (χ3v) is 7.41. The van der Waals surface area contributed by atoms with Gasteiger partial charge in [0.1, 0.15) is 11.6 Å². The van der Waals surface area contributed by atoms with Crippen molar-refractivity contribution in [3.63, 3.8) is 0 Å². The van der Waals surface area contributed by atoms with Crippen molar-refractivity contribution < 1.29 is 13.2 Å². The average molecular weight is 418 g/mol. The van der Waals surface area contributed by atoms with Crippen molar-refractivity contribution in [3.8, 4) is 0 Å². The van der Waals surface area contributed by atoms with Crippen molar-refractivity contribution in [1.29, 1.82) is 0 Å². The topological polar surface area (TPSA) is 88.4 Å². The van der Waals surface area contributed by atoms with Crippen molar-refractivity contribution in [2.24, 2.45) is 0 Å². The molecular weight excluding hydrogens is 390 g/mol. The molecule has 0 bridgehead atoms. The number of piperidine rings is 1. The lowest BCUT2D eigenvalue weighted by molar-refractivity contribution is 0.0770. The molecule has 2 aliphatic heterocycles. The molecule has 2 aromatic rings. The Kier molecular flexibility index (Phi) is 5.58. The largest absolute Gasteiger partial charge is 0.355 e. The Bertz CT molecular complexity index is 956. The van der Waals surface area contributed by atoms with Gasteiger partial charge in [-0.05, 0) is 25.0 Å². The molecule has 2 aromatic heterocycles. The minimum atomic E-state index is -3.00. The first-order chi connectivity index (χ1) is 14.0. The molecule has 8 nitrogen and oxygen atoms in total. The number of amides is 1. The molecule has 9 heteroatoms. The Balaban J connectivity index is 1.43. The van der Waals surface area contributed by atoms with Gasteiger partial charge in [0, 0.05) is 51.2 Å². The lowest BCUT2D eigenvalue weighted by atomic mass is 10.1. The van der Waals surface area contributed by atoms with Crippen LogP contribution in [0.4, 0.5) is 5.82 Å². The number of nitrogens with zero attached hydrogens (tertiary/aromatic N) is 5. The highest BCUT2D eigenvalue weighted by Crippen LogP contribution is 2.26. The maximum atomic E-state index is 12.6. The molecule has 1 unspecified atom stereocenters. The predicted octanol–water partition coefficient (Wildman–Crippen LogP) is 1.55. The van der Waals surface area contributed by atoms with Gasteiger partial charge in [0.2, 0.25) is 0 Å². The number of carbonyl (C=O) groups excluding carboxylic acids is 1. The standard InChI is InChI=1S/C20H27N5O3S/c1-2-18-21-7-9-25(18)17-4-3-8-24(15-17)19-6-5-16(14-22-19)20(26)23-10-12-29(27,28)13-11-23/h5-7,9,14,17H,2-4,8,10-13,15H2,1H3. The van der Waals surface area contributed by atoms with E-state index < -0.39 is 9.84 Å². The second-order valence-electron chi connectivity index (χ2n) is 7.70. The molecule has 29 heavy (non-hydrogen) atoms. The van der Waals surface area contributed by atoms with E-state index in [9.17, 15) is 13.2 Å². The number of sulfone groups is 1. The molecule has 156 valence electrons. The molecular formula is C20H27N5O3S. The fraction of sp³-hybridized carbons (Fsp3) is 0.550. The summed E-state index contributed by atoms with van der Waals surface area (Å²) in [5.41, 5.74) is 0.504. The molecule has 4 rings (SSSR count). The van der Waals surface area contributed by atoms with Crippen LogP contribution in [-0.2, 0) is 16.3 Å². The maximum Gasteiger partial charge on any atom is 0.255 e. The number of aryl methyl sites for hydroxylation is 1. The van der Waals surface area contributed by atoms with E-state index in [4.69, 9.17) is 0 Å². The van der Waals surface area contributed by atoms with Crippen molar-refractivity contribution in [3.05, 3.63) is 42.1 Å². The second-order valence-corrected chi connectivity index (χ2v) is 10.00. The lowest BCUT2D eigenvalue weighted by Crippen LogP contribution is -2.43. The Morgan fingerprint density at radius 1 is 1.17 bits per heavy atom. The average Bonchev–Trinajstić information content (AvgIpc) is 3.22. The molecule has 2 saturated heterocycles. The Labute approximate surface area is 171 Å². The summed E-state index contributed by atoms with van der Waals surface area (Å²) in [5, 5.41) is 0. The fourth-order valence-electron chi connectivity index (χ4n) is 4.14. The minimum Gasteiger partial charge on any atom is -0.355 e. The van der Waals surface area contributed by atoms with Gasteiger partial charge in [-0.2, -0.15) is 0 Å². The third-order valence-electron chi connectivity index (χ3n) is 5.81. The number of carbonyl (C=O) groups is 1. The summed E-state index contributed by atoms with van der Waals surface area (Å²) < 4.78 is 25.4. The third kappa shape index (κ3) is 4.29. The molecule has 1 atom stereocenters. The number of hydrogen-bond acceptors (Lipinski definition) is 6. The molecule has 0 aliphatic carbocycles. The first-order valence-electron chi connectivity index (χ1n) is 10.2. The van der Waals surface area contributed by atoms with E-state index in [1.165, 1.54) is 0 Å². The van der Waals surface area contributed by atoms with Crippen LogP contribution in [0.1, 0.15) is 42.0 Å². The second kappa shape index (κ2) is 8.14. The van der Waals surface area contributed by atoms with E-state index in [-0.39, 0.29) is 30.5 Å². The van der Waals surface area contributed by atoms with Gasteiger partial charge < -0.3 is 14.4 Å². The zero-order chi connectivity index (χ0) is 20.4. The van der Waals surface area contributed by atoms with Gasteiger partial charge in [0.05, 0.1) is 23.1 Å². The summed E-state index contributed by atoms with van der Waals surface area (Å²) in [5.74, 6) is 1.89. The highest BCUT2D eigenvalue weighted by atomic mass is 32.2. The molecule has 2 aliphatic rings. The van der Waals surface area contributed by atoms with E-state index in [0.717, 1.165) is 44.0 Å². The zero-order valence-corrected chi connectivity index (χ0v) is 17.5. The molecule has 0 radical (unpaired) electrons. The van der Waals surface area contributed by atoms with Crippen LogP contribution in [-0.4, -0.2) is 71.4 Å². The van der Waals surface area contributed by atoms with Gasteiger partial charge >= 0.3 is 0 Å². The van der Waals surface area contributed by atoms with Crippen molar-refractivity contribution in [2.75, 3.05) is 42.6 Å². The van der Waals surface area contributed by atoms with Crippen LogP contribution in [0.25, 0.3) is 0 Å². The maximum absolute atomic E-state index is 12.6. The first-order valence-corrected chi connectivity index (χ1v) is 12.0. The van der Waals surface area contributed by atoms with Gasteiger partial charge in [-0.15, -0.1) is 0 Å². The summed E-state index contributed by atoms with van der Waals surface area (Å²) >= 11 is 0. The fourth-order valence-corrected chi connectivity index (χ4v) is 5.34. The molecule has 2 fully saturated rings. The van der Waals surface area contributed by atoms with Crippen LogP contribution in [0.3, 0.4) is 0 Å². The number of pyridine rings is 1. The monoisotopic (exact) mass is 417 g/mol. The van der Waals surface area contributed by atoms with Crippen LogP contribution in [0.2, 0.25) is 0 Å². The molecule has 1 amide bonds. The van der Waals surface area contributed by atoms with Crippen LogP contribution in [0, 0.1) is 0 Å². The number of anilines is 1. The molecule has 0 N–H and O–H groups in total. The summed E-state index contributed by atoms with van der Waals surface area (Å²) in [7, 11) is -3.00. The number of aromatic nitrogens is 3. The smallest absolute Gasteiger partial charge is 0.255 e. The Morgan fingerprint density at radius 2 is 1.97 bits per heavy atom. The van der Waals surface area contributed by atoms with Gasteiger partial charge in [-0.3, -0.25) is 4.79 Å². The van der Waals surface area contributed by atoms with Crippen molar-refractivity contribution in [1.82, 2.24) is 19.4 Å². The van der Waals surface area contributed by atoms with Gasteiger partial charge in [0.25, 0.3) is 5.91 Å². The lowest BCUT2D eigenvalue weighted by Gasteiger charge is -2.35. The molecule has 4 heterocycles. The number of rotatable bonds is 4. The van der Waals surface area contributed by atoms with Crippen LogP contribution in [0.15, 0.2) is 30.7 Å². The van der Waals surface area contributed by atoms with Gasteiger partial charge in [-0.1, -0.05) is 6.92 Å². The normalized spacial score (nSPS) is 21.9. The highest BCUT2D eigenvalue weighted by molar-refractivity contribution is 7.91. The molecule has 0 aromatic carbocycles. The summed E-state index contributed by atoms with van der Waals surface area (Å²) in [4.78, 5) is 25.5. The molecule has 0 saturated carbocycles. The van der Waals surface area contributed by atoms with Gasteiger partial charge in [0.15, 0.2) is 9.84 Å². The summed E-state index contributed by atoms with van der Waals surface area (Å²) in [6.07, 6.45) is 8.64. The number of hydrogen-bond donors (Lipinski definition) is 0. The van der Waals surface area contributed by atoms with E-state index in [1.54, 1.807) is 17.2 Å². The quantitative estimate of drug-likeness (QED) is 0.750. The van der Waals surface area contributed by atoms with Crippen molar-refractivity contribution >= 4 is 21.6 Å².